The third kappa shape index (κ3) is 4.33. The molecule has 0 atom stereocenters. The Bertz CT molecular complexity index is 1360. The zero-order valence-corrected chi connectivity index (χ0v) is 17.5. The number of rotatable bonds is 6. The van der Waals surface area contributed by atoms with Crippen LogP contribution in [0.1, 0.15) is 16.4 Å². The number of carbonyl (C=O) groups excluding carboxylic acids is 1. The molecular formula is C24H17ClN4O3. The number of benzene rings is 3. The van der Waals surface area contributed by atoms with Crippen LogP contribution in [0.5, 0.6) is 5.75 Å². The molecule has 7 nitrogen and oxygen atoms in total. The summed E-state index contributed by atoms with van der Waals surface area (Å²) < 4.78 is 11.4. The lowest BCUT2D eigenvalue weighted by Crippen LogP contribution is -2.12. The Morgan fingerprint density at radius 3 is 2.69 bits per heavy atom. The Hall–Kier alpha value is -4.10. The number of nitrogens with one attached hydrogen (secondary N) is 2. The Balaban J connectivity index is 1.23. The van der Waals surface area contributed by atoms with E-state index in [4.69, 9.17) is 20.8 Å². The maximum atomic E-state index is 12.6. The molecule has 0 spiro atoms. The van der Waals surface area contributed by atoms with Gasteiger partial charge in [0, 0.05) is 33.2 Å². The van der Waals surface area contributed by atoms with Crippen LogP contribution in [0.3, 0.4) is 0 Å². The van der Waals surface area contributed by atoms with E-state index in [-0.39, 0.29) is 12.5 Å². The molecule has 158 valence electrons. The highest BCUT2D eigenvalue weighted by atomic mass is 35.5. The summed E-state index contributed by atoms with van der Waals surface area (Å²) >= 11 is 5.90. The lowest BCUT2D eigenvalue weighted by Gasteiger charge is -2.07. The number of nitrogens with zero attached hydrogens (tertiary/aromatic N) is 2. The van der Waals surface area contributed by atoms with E-state index in [1.54, 1.807) is 48.5 Å². The fourth-order valence-corrected chi connectivity index (χ4v) is 3.35. The van der Waals surface area contributed by atoms with Gasteiger partial charge in [0.15, 0.2) is 6.61 Å². The second-order valence-electron chi connectivity index (χ2n) is 7.05. The van der Waals surface area contributed by atoms with Gasteiger partial charge in [0.05, 0.1) is 0 Å². The molecule has 0 bridgehead atoms. The number of carbonyl (C=O) groups is 1. The van der Waals surface area contributed by atoms with Gasteiger partial charge in [-0.2, -0.15) is 0 Å². The van der Waals surface area contributed by atoms with E-state index in [0.717, 1.165) is 16.5 Å². The number of para-hydroxylation sites is 1. The van der Waals surface area contributed by atoms with Crippen LogP contribution in [0, 0.1) is 0 Å². The molecule has 5 aromatic rings. The number of aromatic amines is 1. The molecule has 0 saturated heterocycles. The van der Waals surface area contributed by atoms with Gasteiger partial charge in [0.2, 0.25) is 5.89 Å². The summed E-state index contributed by atoms with van der Waals surface area (Å²) in [4.78, 5) is 15.7. The molecule has 0 aliphatic rings. The van der Waals surface area contributed by atoms with E-state index in [1.165, 1.54) is 0 Å². The van der Waals surface area contributed by atoms with Gasteiger partial charge in [-0.1, -0.05) is 35.9 Å². The molecule has 1 amide bonds. The van der Waals surface area contributed by atoms with Crippen molar-refractivity contribution in [3.63, 3.8) is 0 Å². The minimum Gasteiger partial charge on any atom is -0.484 e. The molecule has 0 radical (unpaired) electrons. The number of anilines is 1. The number of amides is 1. The van der Waals surface area contributed by atoms with Gasteiger partial charge in [0.25, 0.3) is 11.8 Å². The van der Waals surface area contributed by atoms with E-state index >= 15 is 0 Å². The van der Waals surface area contributed by atoms with E-state index in [2.05, 4.69) is 20.5 Å². The quantitative estimate of drug-likeness (QED) is 0.350. The topological polar surface area (TPSA) is 93.0 Å². The molecule has 2 aromatic heterocycles. The number of aromatic nitrogens is 3. The van der Waals surface area contributed by atoms with E-state index in [1.807, 2.05) is 30.3 Å². The molecule has 0 aliphatic heterocycles. The highest BCUT2D eigenvalue weighted by molar-refractivity contribution is 6.30. The molecular weight excluding hydrogens is 428 g/mol. The first-order valence-corrected chi connectivity index (χ1v) is 10.2. The van der Waals surface area contributed by atoms with Crippen LogP contribution in [0.4, 0.5) is 5.69 Å². The van der Waals surface area contributed by atoms with Crippen molar-refractivity contribution in [1.29, 1.82) is 0 Å². The second kappa shape index (κ2) is 8.56. The van der Waals surface area contributed by atoms with Crippen LogP contribution in [0.25, 0.3) is 22.4 Å². The summed E-state index contributed by atoms with van der Waals surface area (Å²) in [6, 6.07) is 23.8. The number of fused-ring (bicyclic) bond motifs is 1. The fraction of sp³-hybridized carbons (Fsp3) is 0.0417. The van der Waals surface area contributed by atoms with Crippen LogP contribution >= 0.6 is 11.6 Å². The normalized spacial score (nSPS) is 10.9. The molecule has 0 saturated carbocycles. The van der Waals surface area contributed by atoms with Crippen molar-refractivity contribution in [2.24, 2.45) is 0 Å². The van der Waals surface area contributed by atoms with E-state index in [0.29, 0.717) is 33.9 Å². The van der Waals surface area contributed by atoms with Gasteiger partial charge in [0.1, 0.15) is 11.4 Å². The van der Waals surface area contributed by atoms with Gasteiger partial charge in [-0.25, -0.2) is 0 Å². The van der Waals surface area contributed by atoms with Crippen molar-refractivity contribution >= 4 is 34.1 Å². The summed E-state index contributed by atoms with van der Waals surface area (Å²) in [5.41, 5.74) is 2.78. The molecule has 32 heavy (non-hydrogen) atoms. The SMILES string of the molecule is O=C(Nc1cccc(OCc2nnc(-c3ccc(Cl)cc3)o2)c1)c1cc2ccccc2[nH]1. The van der Waals surface area contributed by atoms with Crippen molar-refractivity contribution in [2.45, 2.75) is 6.61 Å². The van der Waals surface area contributed by atoms with Crippen LogP contribution in [-0.2, 0) is 6.61 Å². The monoisotopic (exact) mass is 444 g/mol. The van der Waals surface area contributed by atoms with Gasteiger partial charge >= 0.3 is 0 Å². The number of ether oxygens (including phenoxy) is 1. The minimum atomic E-state index is -0.233. The first-order valence-electron chi connectivity index (χ1n) is 9.84. The minimum absolute atomic E-state index is 0.0972. The maximum Gasteiger partial charge on any atom is 0.272 e. The predicted molar refractivity (Wildman–Crippen MR) is 122 cm³/mol. The lowest BCUT2D eigenvalue weighted by atomic mass is 10.2. The summed E-state index contributed by atoms with van der Waals surface area (Å²) in [7, 11) is 0. The summed E-state index contributed by atoms with van der Waals surface area (Å²) in [5, 5.41) is 12.5. The number of halogens is 1. The zero-order valence-electron chi connectivity index (χ0n) is 16.7. The van der Waals surface area contributed by atoms with Crippen LogP contribution in [-0.4, -0.2) is 21.1 Å². The molecule has 5 rings (SSSR count). The fourth-order valence-electron chi connectivity index (χ4n) is 3.22. The smallest absolute Gasteiger partial charge is 0.272 e. The Morgan fingerprint density at radius 1 is 1.00 bits per heavy atom. The van der Waals surface area contributed by atoms with Gasteiger partial charge in [-0.15, -0.1) is 10.2 Å². The Morgan fingerprint density at radius 2 is 1.84 bits per heavy atom. The third-order valence-electron chi connectivity index (χ3n) is 4.79. The van der Waals surface area contributed by atoms with Gasteiger partial charge in [-0.05, 0) is 48.5 Å². The predicted octanol–water partition coefficient (Wildman–Crippen LogP) is 5.70. The van der Waals surface area contributed by atoms with Crippen molar-refractivity contribution in [1.82, 2.24) is 15.2 Å². The van der Waals surface area contributed by atoms with E-state index in [9.17, 15) is 4.79 Å². The van der Waals surface area contributed by atoms with Crippen molar-refractivity contribution in [3.8, 4) is 17.2 Å². The van der Waals surface area contributed by atoms with Crippen molar-refractivity contribution in [3.05, 3.63) is 95.5 Å². The lowest BCUT2D eigenvalue weighted by molar-refractivity contribution is 0.102. The first kappa shape index (κ1) is 19.8. The van der Waals surface area contributed by atoms with Crippen molar-refractivity contribution < 1.29 is 13.9 Å². The maximum absolute atomic E-state index is 12.6. The van der Waals surface area contributed by atoms with Crippen LogP contribution < -0.4 is 10.1 Å². The second-order valence-corrected chi connectivity index (χ2v) is 7.49. The number of hydrogen-bond acceptors (Lipinski definition) is 5. The largest absolute Gasteiger partial charge is 0.484 e. The molecule has 0 unspecified atom stereocenters. The standard InChI is InChI=1S/C24H17ClN4O3/c25-17-10-8-15(9-11-17)24-29-28-22(32-24)14-31-19-6-3-5-18(13-19)26-23(30)21-12-16-4-1-2-7-20(16)27-21/h1-13,27H,14H2,(H,26,30). The molecule has 0 fully saturated rings. The first-order chi connectivity index (χ1) is 15.6. The van der Waals surface area contributed by atoms with Gasteiger partial charge < -0.3 is 19.5 Å². The molecule has 2 N–H and O–H groups in total. The molecule has 0 aliphatic carbocycles. The summed E-state index contributed by atoms with van der Waals surface area (Å²) in [5.74, 6) is 1.05. The number of H-pyrrole nitrogens is 1. The van der Waals surface area contributed by atoms with Crippen molar-refractivity contribution in [2.75, 3.05) is 5.32 Å². The summed E-state index contributed by atoms with van der Waals surface area (Å²) in [6.07, 6.45) is 0. The van der Waals surface area contributed by atoms with E-state index < -0.39 is 0 Å². The molecule has 2 heterocycles. The van der Waals surface area contributed by atoms with Gasteiger partial charge in [-0.3, -0.25) is 4.79 Å². The average Bonchev–Trinajstić information content (AvgIpc) is 3.46. The Kier molecular flexibility index (Phi) is 5.31. The molecule has 8 heteroatoms. The van der Waals surface area contributed by atoms with Crippen LogP contribution in [0.15, 0.2) is 83.3 Å². The van der Waals surface area contributed by atoms with Crippen LogP contribution in [0.2, 0.25) is 5.02 Å². The third-order valence-corrected chi connectivity index (χ3v) is 5.04. The highest BCUT2D eigenvalue weighted by Crippen LogP contribution is 2.23. The zero-order chi connectivity index (χ0) is 21.9. The number of hydrogen-bond donors (Lipinski definition) is 2. The summed E-state index contributed by atoms with van der Waals surface area (Å²) in [6.45, 7) is 0.0972. The highest BCUT2D eigenvalue weighted by Gasteiger charge is 2.12. The Labute approximate surface area is 188 Å². The molecule has 3 aromatic carbocycles. The average molecular weight is 445 g/mol.